The fraction of sp³-hybridized carbons (Fsp3) is 0.818. The fourth-order valence-corrected chi connectivity index (χ4v) is 1.54. The Morgan fingerprint density at radius 3 is 2.38 bits per heavy atom. The zero-order valence-electron chi connectivity index (χ0n) is 10.5. The number of hydrogen-bond donors (Lipinski definition) is 2. The molecule has 5 heteroatoms. The number of carbonyl (C=O) groups excluding carboxylic acids is 1. The number of carboxylic acids is 1. The van der Waals surface area contributed by atoms with Crippen LogP contribution in [0.3, 0.4) is 0 Å². The van der Waals surface area contributed by atoms with Gasteiger partial charge in [0.2, 0.25) is 5.91 Å². The average Bonchev–Trinajstić information content (AvgIpc) is 2.16. The summed E-state index contributed by atoms with van der Waals surface area (Å²) in [5, 5.41) is 11.4. The van der Waals surface area contributed by atoms with Crippen molar-refractivity contribution in [3.8, 4) is 0 Å². The number of amides is 1. The van der Waals surface area contributed by atoms with Gasteiger partial charge in [-0.25, -0.2) is 4.79 Å². The highest BCUT2D eigenvalue weighted by Gasteiger charge is 2.21. The first-order chi connectivity index (χ1) is 7.38. The minimum Gasteiger partial charge on any atom is -0.480 e. The number of nitrogens with zero attached hydrogens (tertiary/aromatic N) is 1. The maximum atomic E-state index is 10.9. The molecule has 0 heterocycles. The van der Waals surface area contributed by atoms with Gasteiger partial charge in [0.1, 0.15) is 6.04 Å². The molecule has 0 fully saturated rings. The van der Waals surface area contributed by atoms with E-state index in [0.717, 1.165) is 12.8 Å². The topological polar surface area (TPSA) is 69.6 Å². The van der Waals surface area contributed by atoms with Crippen LogP contribution in [0, 0.1) is 0 Å². The molecule has 0 aromatic rings. The van der Waals surface area contributed by atoms with Gasteiger partial charge in [0.05, 0.1) is 0 Å². The summed E-state index contributed by atoms with van der Waals surface area (Å²) in [6.07, 6.45) is 2.08. The highest BCUT2D eigenvalue weighted by molar-refractivity contribution is 5.82. The van der Waals surface area contributed by atoms with Crippen molar-refractivity contribution in [1.29, 1.82) is 0 Å². The molecule has 0 aromatic carbocycles. The van der Waals surface area contributed by atoms with E-state index < -0.39 is 12.0 Å². The van der Waals surface area contributed by atoms with Crippen molar-refractivity contribution in [3.05, 3.63) is 0 Å². The third kappa shape index (κ3) is 5.70. The normalized spacial score (nSPS) is 14.6. The Balaban J connectivity index is 4.27. The average molecular weight is 230 g/mol. The predicted molar refractivity (Wildman–Crippen MR) is 62.2 cm³/mol. The first-order valence-electron chi connectivity index (χ1n) is 5.58. The van der Waals surface area contributed by atoms with Crippen LogP contribution < -0.4 is 5.32 Å². The molecule has 0 saturated carbocycles. The molecule has 16 heavy (non-hydrogen) atoms. The van der Waals surface area contributed by atoms with Crippen molar-refractivity contribution in [2.24, 2.45) is 0 Å². The van der Waals surface area contributed by atoms with Gasteiger partial charge < -0.3 is 15.3 Å². The van der Waals surface area contributed by atoms with E-state index in [9.17, 15) is 9.59 Å². The van der Waals surface area contributed by atoms with Crippen molar-refractivity contribution in [2.75, 3.05) is 13.6 Å². The lowest BCUT2D eigenvalue weighted by Gasteiger charge is -2.27. The van der Waals surface area contributed by atoms with Gasteiger partial charge in [0.25, 0.3) is 0 Å². The number of carboxylic acid groups (broad SMARTS) is 1. The zero-order valence-corrected chi connectivity index (χ0v) is 10.5. The molecule has 0 spiro atoms. The lowest BCUT2D eigenvalue weighted by molar-refractivity contribution is -0.142. The summed E-state index contributed by atoms with van der Waals surface area (Å²) in [6, 6.07) is -0.512. The summed E-state index contributed by atoms with van der Waals surface area (Å²) in [5.41, 5.74) is 0. The minimum absolute atomic E-state index is 0.316. The molecule has 2 atom stereocenters. The third-order valence-corrected chi connectivity index (χ3v) is 2.61. The summed E-state index contributed by atoms with van der Waals surface area (Å²) in [7, 11) is 1.87. The van der Waals surface area contributed by atoms with E-state index in [1.807, 2.05) is 11.9 Å². The van der Waals surface area contributed by atoms with E-state index in [-0.39, 0.29) is 5.91 Å². The van der Waals surface area contributed by atoms with Crippen molar-refractivity contribution >= 4 is 11.9 Å². The van der Waals surface area contributed by atoms with Crippen LogP contribution in [-0.2, 0) is 9.59 Å². The molecule has 2 unspecified atom stereocenters. The molecular formula is C11H22N2O3. The first-order valence-corrected chi connectivity index (χ1v) is 5.58. The van der Waals surface area contributed by atoms with Crippen LogP contribution >= 0.6 is 0 Å². The van der Waals surface area contributed by atoms with Gasteiger partial charge in [-0.3, -0.25) is 4.79 Å². The SMILES string of the molecule is CCCC(C)N(C)CC(NC(C)=O)C(=O)O. The first kappa shape index (κ1) is 14.9. The number of aliphatic carboxylic acids is 1. The second kappa shape index (κ2) is 7.22. The van der Waals surface area contributed by atoms with Crippen molar-refractivity contribution in [2.45, 2.75) is 45.7 Å². The predicted octanol–water partition coefficient (Wildman–Crippen LogP) is 0.696. The highest BCUT2D eigenvalue weighted by atomic mass is 16.4. The van der Waals surface area contributed by atoms with Crippen molar-refractivity contribution in [3.63, 3.8) is 0 Å². The summed E-state index contributed by atoms with van der Waals surface area (Å²) in [5.74, 6) is -1.31. The van der Waals surface area contributed by atoms with Gasteiger partial charge in [-0.2, -0.15) is 0 Å². The van der Waals surface area contributed by atoms with Crippen LogP contribution in [0.5, 0.6) is 0 Å². The molecule has 0 aliphatic carbocycles. The van der Waals surface area contributed by atoms with Crippen LogP contribution in [0.1, 0.15) is 33.6 Å². The Labute approximate surface area is 96.8 Å². The summed E-state index contributed by atoms with van der Waals surface area (Å²) in [4.78, 5) is 23.7. The molecule has 0 aliphatic heterocycles. The summed E-state index contributed by atoms with van der Waals surface area (Å²) < 4.78 is 0. The Morgan fingerprint density at radius 1 is 1.44 bits per heavy atom. The number of hydrogen-bond acceptors (Lipinski definition) is 3. The standard InChI is InChI=1S/C11H22N2O3/c1-5-6-8(2)13(4)7-10(11(15)16)12-9(3)14/h8,10H,5-7H2,1-4H3,(H,12,14)(H,15,16). The molecule has 0 aliphatic rings. The molecule has 0 saturated heterocycles. The van der Waals surface area contributed by atoms with Gasteiger partial charge in [0, 0.05) is 19.5 Å². The molecule has 0 bridgehead atoms. The van der Waals surface area contributed by atoms with Crippen LogP contribution in [0.25, 0.3) is 0 Å². The molecule has 94 valence electrons. The van der Waals surface area contributed by atoms with E-state index in [1.165, 1.54) is 6.92 Å². The third-order valence-electron chi connectivity index (χ3n) is 2.61. The van der Waals surface area contributed by atoms with E-state index in [1.54, 1.807) is 0 Å². The Bertz CT molecular complexity index is 243. The van der Waals surface area contributed by atoms with Crippen LogP contribution in [0.4, 0.5) is 0 Å². The number of carbonyl (C=O) groups is 2. The quantitative estimate of drug-likeness (QED) is 0.675. The Kier molecular flexibility index (Phi) is 6.72. The molecule has 0 rings (SSSR count). The van der Waals surface area contributed by atoms with Gasteiger partial charge in [-0.1, -0.05) is 13.3 Å². The van der Waals surface area contributed by atoms with Crippen LogP contribution in [-0.4, -0.2) is 47.6 Å². The lowest BCUT2D eigenvalue weighted by Crippen LogP contribution is -2.48. The molecular weight excluding hydrogens is 208 g/mol. The monoisotopic (exact) mass is 230 g/mol. The number of rotatable bonds is 7. The van der Waals surface area contributed by atoms with Gasteiger partial charge >= 0.3 is 5.97 Å². The molecule has 5 nitrogen and oxygen atoms in total. The van der Waals surface area contributed by atoms with Crippen molar-refractivity contribution < 1.29 is 14.7 Å². The minimum atomic E-state index is -0.995. The summed E-state index contributed by atoms with van der Waals surface area (Å²) in [6.45, 7) is 5.80. The highest BCUT2D eigenvalue weighted by Crippen LogP contribution is 2.04. The van der Waals surface area contributed by atoms with Crippen molar-refractivity contribution in [1.82, 2.24) is 10.2 Å². The Morgan fingerprint density at radius 2 is 2.00 bits per heavy atom. The van der Waals surface area contributed by atoms with E-state index in [0.29, 0.717) is 12.6 Å². The van der Waals surface area contributed by atoms with Crippen LogP contribution in [0.15, 0.2) is 0 Å². The van der Waals surface area contributed by atoms with Gasteiger partial charge in [0.15, 0.2) is 0 Å². The molecule has 0 aromatic heterocycles. The smallest absolute Gasteiger partial charge is 0.327 e. The Hall–Kier alpha value is -1.10. The second-order valence-corrected chi connectivity index (χ2v) is 4.17. The van der Waals surface area contributed by atoms with E-state index >= 15 is 0 Å². The largest absolute Gasteiger partial charge is 0.480 e. The second-order valence-electron chi connectivity index (χ2n) is 4.17. The molecule has 2 N–H and O–H groups in total. The maximum absolute atomic E-state index is 10.9. The van der Waals surface area contributed by atoms with Gasteiger partial charge in [-0.05, 0) is 20.4 Å². The zero-order chi connectivity index (χ0) is 12.7. The van der Waals surface area contributed by atoms with Gasteiger partial charge in [-0.15, -0.1) is 0 Å². The molecule has 1 amide bonds. The number of nitrogens with one attached hydrogen (secondary N) is 1. The fourth-order valence-electron chi connectivity index (χ4n) is 1.54. The van der Waals surface area contributed by atoms with E-state index in [4.69, 9.17) is 5.11 Å². The number of likely N-dealkylation sites (N-methyl/N-ethyl adjacent to an activating group) is 1. The maximum Gasteiger partial charge on any atom is 0.327 e. The summed E-state index contributed by atoms with van der Waals surface area (Å²) >= 11 is 0. The van der Waals surface area contributed by atoms with Crippen LogP contribution in [0.2, 0.25) is 0 Å². The lowest BCUT2D eigenvalue weighted by atomic mass is 10.1. The van der Waals surface area contributed by atoms with E-state index in [2.05, 4.69) is 19.2 Å². The molecule has 0 radical (unpaired) electrons.